The van der Waals surface area contributed by atoms with Crippen molar-refractivity contribution in [3.63, 3.8) is 0 Å². The largest absolute Gasteiger partial charge is 0.466 e. The Kier molecular flexibility index (Phi) is 6.92. The number of amides is 2. The summed E-state index contributed by atoms with van der Waals surface area (Å²) < 4.78 is 5.07. The highest BCUT2D eigenvalue weighted by Crippen LogP contribution is 2.28. The van der Waals surface area contributed by atoms with Crippen molar-refractivity contribution in [2.24, 2.45) is 5.92 Å². The summed E-state index contributed by atoms with van der Waals surface area (Å²) in [6, 6.07) is 7.02. The number of methoxy groups -OCH3 is 1. The van der Waals surface area contributed by atoms with Crippen LogP contribution < -0.4 is 10.6 Å². The zero-order valence-corrected chi connectivity index (χ0v) is 17.8. The highest BCUT2D eigenvalue weighted by molar-refractivity contribution is 5.95. The van der Waals surface area contributed by atoms with Crippen molar-refractivity contribution >= 4 is 12.0 Å². The van der Waals surface area contributed by atoms with Crippen molar-refractivity contribution in [3.05, 3.63) is 46.7 Å². The fourth-order valence-electron chi connectivity index (χ4n) is 3.97. The first-order chi connectivity index (χ1) is 13.9. The highest BCUT2D eigenvalue weighted by Gasteiger charge is 2.34. The smallest absolute Gasteiger partial charge is 0.338 e. The normalized spacial score (nSPS) is 21.1. The number of urea groups is 1. The van der Waals surface area contributed by atoms with Crippen LogP contribution in [0.25, 0.3) is 0 Å². The second-order valence-electron chi connectivity index (χ2n) is 8.30. The molecule has 0 unspecified atom stereocenters. The molecule has 0 aliphatic carbocycles. The van der Waals surface area contributed by atoms with Crippen LogP contribution in [0.3, 0.4) is 0 Å². The van der Waals surface area contributed by atoms with E-state index in [0.29, 0.717) is 23.7 Å². The van der Waals surface area contributed by atoms with Gasteiger partial charge in [-0.05, 0) is 18.4 Å². The molecule has 2 N–H and O–H groups in total. The lowest BCUT2D eigenvalue weighted by Gasteiger charge is -2.37. The Morgan fingerprint density at radius 3 is 2.34 bits per heavy atom. The zero-order chi connectivity index (χ0) is 21.0. The third kappa shape index (κ3) is 5.36. The molecule has 1 fully saturated rings. The molecule has 0 saturated carbocycles. The molecular formula is C22H32N4O3. The predicted molar refractivity (Wildman–Crippen MR) is 112 cm³/mol. The van der Waals surface area contributed by atoms with Gasteiger partial charge in [-0.3, -0.25) is 4.90 Å². The summed E-state index contributed by atoms with van der Waals surface area (Å²) >= 11 is 0. The van der Waals surface area contributed by atoms with Crippen LogP contribution in [0.15, 0.2) is 35.5 Å². The summed E-state index contributed by atoms with van der Waals surface area (Å²) in [4.78, 5) is 29.8. The van der Waals surface area contributed by atoms with Crippen molar-refractivity contribution in [3.8, 4) is 0 Å². The number of esters is 1. The van der Waals surface area contributed by atoms with Crippen molar-refractivity contribution < 1.29 is 14.3 Å². The molecule has 0 radical (unpaired) electrons. The lowest BCUT2D eigenvalue weighted by atomic mass is 9.94. The summed E-state index contributed by atoms with van der Waals surface area (Å²) in [5.74, 6) is 0.227. The van der Waals surface area contributed by atoms with Gasteiger partial charge in [-0.2, -0.15) is 0 Å². The molecule has 1 atom stereocenters. The number of ether oxygens (including phenoxy) is 1. The Bertz CT molecular complexity index is 765. The number of rotatable bonds is 6. The van der Waals surface area contributed by atoms with E-state index in [2.05, 4.69) is 34.3 Å². The van der Waals surface area contributed by atoms with E-state index in [-0.39, 0.29) is 6.03 Å². The summed E-state index contributed by atoms with van der Waals surface area (Å²) in [5, 5.41) is 5.73. The van der Waals surface area contributed by atoms with Gasteiger partial charge < -0.3 is 20.3 Å². The Morgan fingerprint density at radius 2 is 1.76 bits per heavy atom. The SMILES string of the molecule is COC(=O)C1=C(CN2CCN(CC(C)C)CC2)NC(=O)N[C@H]1c1ccc(C)cc1. The predicted octanol–water partition coefficient (Wildman–Crippen LogP) is 2.05. The maximum absolute atomic E-state index is 12.7. The number of nitrogens with one attached hydrogen (secondary N) is 2. The van der Waals surface area contributed by atoms with E-state index < -0.39 is 12.0 Å². The van der Waals surface area contributed by atoms with Gasteiger partial charge in [-0.15, -0.1) is 0 Å². The lowest BCUT2D eigenvalue weighted by molar-refractivity contribution is -0.136. The summed E-state index contributed by atoms with van der Waals surface area (Å²) in [6.45, 7) is 11.9. The molecule has 2 amide bonds. The number of hydrogen-bond acceptors (Lipinski definition) is 5. The highest BCUT2D eigenvalue weighted by atomic mass is 16.5. The molecule has 0 spiro atoms. The molecule has 7 nitrogen and oxygen atoms in total. The van der Waals surface area contributed by atoms with E-state index in [1.54, 1.807) is 0 Å². The monoisotopic (exact) mass is 400 g/mol. The second kappa shape index (κ2) is 9.41. The Hall–Kier alpha value is -2.38. The molecule has 0 aromatic heterocycles. The van der Waals surface area contributed by atoms with Gasteiger partial charge in [0.15, 0.2) is 0 Å². The first kappa shape index (κ1) is 21.3. The van der Waals surface area contributed by atoms with Gasteiger partial charge in [-0.25, -0.2) is 9.59 Å². The summed E-state index contributed by atoms with van der Waals surface area (Å²) in [7, 11) is 1.38. The van der Waals surface area contributed by atoms with E-state index in [1.807, 2.05) is 31.2 Å². The number of carbonyl (C=O) groups excluding carboxylic acids is 2. The number of benzene rings is 1. The maximum atomic E-state index is 12.7. The number of nitrogens with zero attached hydrogens (tertiary/aromatic N) is 2. The van der Waals surface area contributed by atoms with E-state index in [1.165, 1.54) is 7.11 Å². The van der Waals surface area contributed by atoms with Crippen LogP contribution in [-0.4, -0.2) is 68.2 Å². The van der Waals surface area contributed by atoms with Crippen molar-refractivity contribution in [1.82, 2.24) is 20.4 Å². The minimum Gasteiger partial charge on any atom is -0.466 e. The number of hydrogen-bond donors (Lipinski definition) is 2. The van der Waals surface area contributed by atoms with E-state index in [9.17, 15) is 9.59 Å². The topological polar surface area (TPSA) is 73.9 Å². The molecular weight excluding hydrogens is 368 g/mol. The van der Waals surface area contributed by atoms with E-state index in [4.69, 9.17) is 4.74 Å². The van der Waals surface area contributed by atoms with Gasteiger partial charge in [0.2, 0.25) is 0 Å². The maximum Gasteiger partial charge on any atom is 0.338 e. The van der Waals surface area contributed by atoms with Gasteiger partial charge >= 0.3 is 12.0 Å². The third-order valence-electron chi connectivity index (χ3n) is 5.44. The molecule has 7 heteroatoms. The van der Waals surface area contributed by atoms with Gasteiger partial charge in [0.1, 0.15) is 0 Å². The van der Waals surface area contributed by atoms with E-state index >= 15 is 0 Å². The van der Waals surface area contributed by atoms with E-state index in [0.717, 1.165) is 43.9 Å². The number of piperazine rings is 1. The zero-order valence-electron chi connectivity index (χ0n) is 17.8. The van der Waals surface area contributed by atoms with Gasteiger partial charge in [0.25, 0.3) is 0 Å². The average molecular weight is 401 g/mol. The molecule has 158 valence electrons. The standard InChI is InChI=1S/C22H32N4O3/c1-15(2)13-25-9-11-26(12-10-25)14-18-19(21(27)29-4)20(24-22(28)23-18)17-7-5-16(3)6-8-17/h5-8,15,20H,9-14H2,1-4H3,(H2,23,24,28)/t20-/m0/s1. The van der Waals surface area contributed by atoms with Crippen LogP contribution in [0.2, 0.25) is 0 Å². The molecule has 2 aliphatic heterocycles. The van der Waals surface area contributed by atoms with Crippen molar-refractivity contribution in [2.45, 2.75) is 26.8 Å². The molecule has 1 saturated heterocycles. The number of aryl methyl sites for hydroxylation is 1. The fraction of sp³-hybridized carbons (Fsp3) is 0.545. The summed E-state index contributed by atoms with van der Waals surface area (Å²) in [5.41, 5.74) is 3.09. The van der Waals surface area contributed by atoms with Crippen molar-refractivity contribution in [1.29, 1.82) is 0 Å². The minimum atomic E-state index is -0.519. The summed E-state index contributed by atoms with van der Waals surface area (Å²) in [6.07, 6.45) is 0. The van der Waals surface area contributed by atoms with Gasteiger partial charge in [0.05, 0.1) is 18.7 Å². The Balaban J connectivity index is 1.82. The Morgan fingerprint density at radius 1 is 1.14 bits per heavy atom. The molecule has 1 aromatic carbocycles. The first-order valence-electron chi connectivity index (χ1n) is 10.3. The molecule has 2 heterocycles. The molecule has 1 aromatic rings. The van der Waals surface area contributed by atoms with Crippen LogP contribution in [0, 0.1) is 12.8 Å². The first-order valence-corrected chi connectivity index (χ1v) is 10.3. The molecule has 2 aliphatic rings. The average Bonchev–Trinajstić information content (AvgIpc) is 2.69. The Labute approximate surface area is 173 Å². The van der Waals surface area contributed by atoms with Crippen molar-refractivity contribution in [2.75, 3.05) is 46.4 Å². The van der Waals surface area contributed by atoms with Crippen LogP contribution >= 0.6 is 0 Å². The minimum absolute atomic E-state index is 0.295. The lowest BCUT2D eigenvalue weighted by Crippen LogP contribution is -2.52. The van der Waals surface area contributed by atoms with Crippen LogP contribution in [-0.2, 0) is 9.53 Å². The molecule has 0 bridgehead atoms. The molecule has 3 rings (SSSR count). The van der Waals surface area contributed by atoms with Crippen LogP contribution in [0.4, 0.5) is 4.79 Å². The number of carbonyl (C=O) groups is 2. The van der Waals surface area contributed by atoms with Gasteiger partial charge in [-0.1, -0.05) is 43.7 Å². The fourth-order valence-corrected chi connectivity index (χ4v) is 3.97. The quantitative estimate of drug-likeness (QED) is 0.715. The third-order valence-corrected chi connectivity index (χ3v) is 5.44. The van der Waals surface area contributed by atoms with Crippen LogP contribution in [0.5, 0.6) is 0 Å². The molecule has 29 heavy (non-hydrogen) atoms. The van der Waals surface area contributed by atoms with Crippen LogP contribution in [0.1, 0.15) is 31.0 Å². The van der Waals surface area contributed by atoms with Gasteiger partial charge in [0, 0.05) is 45.0 Å². The second-order valence-corrected chi connectivity index (χ2v) is 8.30.